The summed E-state index contributed by atoms with van der Waals surface area (Å²) >= 11 is 0. The Hall–Kier alpha value is 0.748. The molecule has 0 bridgehead atoms. The predicted molar refractivity (Wildman–Crippen MR) is 89.7 cm³/mol. The van der Waals surface area contributed by atoms with Crippen LogP contribution in [0.25, 0.3) is 0 Å². The lowest BCUT2D eigenvalue weighted by Gasteiger charge is -2.37. The highest BCUT2D eigenvalue weighted by molar-refractivity contribution is 6.85. The van der Waals surface area contributed by atoms with Crippen molar-refractivity contribution in [3.05, 3.63) is 0 Å². The van der Waals surface area contributed by atoms with Crippen LogP contribution in [0.15, 0.2) is 0 Å². The molecule has 7 heteroatoms. The Morgan fingerprint density at radius 3 is 1.67 bits per heavy atom. The summed E-state index contributed by atoms with van der Waals surface area (Å²) in [5.74, 6) is 0. The van der Waals surface area contributed by atoms with Crippen molar-refractivity contribution in [3.63, 3.8) is 0 Å². The van der Waals surface area contributed by atoms with Crippen LogP contribution in [-0.4, -0.2) is 34.5 Å². The van der Waals surface area contributed by atoms with E-state index < -0.39 is 34.5 Å². The monoisotopic (exact) mass is 324 g/mol. The lowest BCUT2D eigenvalue weighted by Crippen LogP contribution is -2.51. The summed E-state index contributed by atoms with van der Waals surface area (Å²) in [6, 6.07) is 1.07. The Morgan fingerprint density at radius 1 is 0.833 bits per heavy atom. The van der Waals surface area contributed by atoms with Crippen molar-refractivity contribution >= 4 is 34.5 Å². The Balaban J connectivity index is 4.60. The second-order valence-corrected chi connectivity index (χ2v) is 22.1. The Kier molecular flexibility index (Phi) is 7.25. The van der Waals surface area contributed by atoms with Gasteiger partial charge in [-0.2, -0.15) is 0 Å². The smallest absolute Gasteiger partial charge is 0.315 e. The van der Waals surface area contributed by atoms with Crippen LogP contribution in [0.2, 0.25) is 58.4 Å². The molecule has 0 aromatic heterocycles. The Morgan fingerprint density at radius 2 is 1.33 bits per heavy atom. The maximum Gasteiger partial charge on any atom is 0.315 e. The van der Waals surface area contributed by atoms with E-state index in [0.29, 0.717) is 0 Å². The van der Waals surface area contributed by atoms with E-state index in [4.69, 9.17) is 12.3 Å². The third-order valence-electron chi connectivity index (χ3n) is 2.16. The van der Waals surface area contributed by atoms with Crippen LogP contribution in [-0.2, 0) is 12.3 Å². The molecule has 18 heavy (non-hydrogen) atoms. The summed E-state index contributed by atoms with van der Waals surface area (Å²) in [7, 11) is -6.61. The van der Waals surface area contributed by atoms with Gasteiger partial charge in [0.2, 0.25) is 0 Å². The maximum absolute atomic E-state index is 6.38. The molecule has 0 aliphatic heterocycles. The first-order valence-electron chi connectivity index (χ1n) is 6.93. The summed E-state index contributed by atoms with van der Waals surface area (Å²) in [6.45, 7) is 19.9. The highest BCUT2D eigenvalue weighted by Crippen LogP contribution is 2.23. The van der Waals surface area contributed by atoms with E-state index in [0.717, 1.165) is 12.5 Å². The second-order valence-electron chi connectivity index (χ2n) is 7.01. The van der Waals surface area contributed by atoms with Gasteiger partial charge in [-0.05, 0) is 58.4 Å². The van der Waals surface area contributed by atoms with Gasteiger partial charge in [0, 0.05) is 0 Å². The molecule has 0 heterocycles. The number of hydrogen-bond acceptors (Lipinski definition) is 3. The van der Waals surface area contributed by atoms with E-state index in [2.05, 4.69) is 59.3 Å². The van der Waals surface area contributed by atoms with Gasteiger partial charge in [-0.1, -0.05) is 13.3 Å². The average Bonchev–Trinajstić information content (AvgIpc) is 1.93. The van der Waals surface area contributed by atoms with Crippen LogP contribution < -0.4 is 0 Å². The van der Waals surface area contributed by atoms with Gasteiger partial charge in [0.05, 0.1) is 0 Å². The SMILES string of the molecule is CCC[Si](C)(O[SiH](C)O[Si](C)(C)C)O[Si](C)(C)C. The van der Waals surface area contributed by atoms with Gasteiger partial charge in [0.1, 0.15) is 0 Å². The van der Waals surface area contributed by atoms with Crippen molar-refractivity contribution in [2.24, 2.45) is 0 Å². The van der Waals surface area contributed by atoms with Crippen molar-refractivity contribution in [2.45, 2.75) is 71.8 Å². The van der Waals surface area contributed by atoms with Gasteiger partial charge in [-0.25, -0.2) is 0 Å². The van der Waals surface area contributed by atoms with E-state index in [9.17, 15) is 0 Å². The zero-order valence-corrected chi connectivity index (χ0v) is 17.9. The standard InChI is InChI=1S/C11H32O3Si4/c1-10-11-18(9,14-17(6,7)8)13-15(2)12-16(3,4)5/h15H,10-11H2,1-9H3. The lowest BCUT2D eigenvalue weighted by molar-refractivity contribution is 0.343. The van der Waals surface area contributed by atoms with Crippen molar-refractivity contribution in [1.29, 1.82) is 0 Å². The van der Waals surface area contributed by atoms with Gasteiger partial charge < -0.3 is 12.3 Å². The molecule has 110 valence electrons. The molecule has 2 unspecified atom stereocenters. The first kappa shape index (κ1) is 18.7. The molecule has 0 aliphatic rings. The van der Waals surface area contributed by atoms with E-state index in [-0.39, 0.29) is 0 Å². The largest absolute Gasteiger partial charge is 0.439 e. The number of rotatable bonds is 8. The highest BCUT2D eigenvalue weighted by Gasteiger charge is 2.38. The molecule has 2 atom stereocenters. The molecule has 0 aromatic carbocycles. The zero-order valence-electron chi connectivity index (χ0n) is 13.7. The van der Waals surface area contributed by atoms with Crippen molar-refractivity contribution in [3.8, 4) is 0 Å². The van der Waals surface area contributed by atoms with Crippen molar-refractivity contribution in [2.75, 3.05) is 0 Å². The third-order valence-corrected chi connectivity index (χ3v) is 15.2. The third kappa shape index (κ3) is 9.65. The summed E-state index contributed by atoms with van der Waals surface area (Å²) in [5.41, 5.74) is 0. The van der Waals surface area contributed by atoms with E-state index in [1.54, 1.807) is 0 Å². The van der Waals surface area contributed by atoms with Gasteiger partial charge in [-0.3, -0.25) is 0 Å². The van der Waals surface area contributed by atoms with E-state index in [1.165, 1.54) is 0 Å². The summed E-state index contributed by atoms with van der Waals surface area (Å²) in [5, 5.41) is 0. The molecule has 0 saturated carbocycles. The molecule has 0 aromatic rings. The van der Waals surface area contributed by atoms with E-state index in [1.807, 2.05) is 0 Å². The van der Waals surface area contributed by atoms with Crippen LogP contribution >= 0.6 is 0 Å². The van der Waals surface area contributed by atoms with Crippen LogP contribution in [0.1, 0.15) is 13.3 Å². The normalized spacial score (nSPS) is 18.5. The minimum Gasteiger partial charge on any atom is -0.439 e. The van der Waals surface area contributed by atoms with E-state index >= 15 is 0 Å². The summed E-state index contributed by atoms with van der Waals surface area (Å²) in [6.07, 6.45) is 1.13. The summed E-state index contributed by atoms with van der Waals surface area (Å²) in [4.78, 5) is 0. The molecule has 0 N–H and O–H groups in total. The fourth-order valence-electron chi connectivity index (χ4n) is 2.11. The Labute approximate surface area is 119 Å². The topological polar surface area (TPSA) is 27.7 Å². The van der Waals surface area contributed by atoms with Crippen LogP contribution in [0.5, 0.6) is 0 Å². The molecule has 3 nitrogen and oxygen atoms in total. The molecule has 0 radical (unpaired) electrons. The molecule has 0 rings (SSSR count). The first-order valence-corrected chi connectivity index (χ1v) is 18.4. The molecule has 0 saturated heterocycles. The fourth-order valence-corrected chi connectivity index (χ4v) is 17.1. The summed E-state index contributed by atoms with van der Waals surface area (Å²) < 4.78 is 18.8. The van der Waals surface area contributed by atoms with Gasteiger partial charge >= 0.3 is 8.56 Å². The molecule has 0 amide bonds. The maximum atomic E-state index is 6.38. The number of hydrogen-bond donors (Lipinski definition) is 0. The van der Waals surface area contributed by atoms with Gasteiger partial charge in [0.25, 0.3) is 9.28 Å². The van der Waals surface area contributed by atoms with Crippen LogP contribution in [0, 0.1) is 0 Å². The van der Waals surface area contributed by atoms with Crippen molar-refractivity contribution in [1.82, 2.24) is 0 Å². The van der Waals surface area contributed by atoms with Crippen LogP contribution in [0.3, 0.4) is 0 Å². The van der Waals surface area contributed by atoms with Crippen molar-refractivity contribution < 1.29 is 12.3 Å². The molecular weight excluding hydrogens is 292 g/mol. The highest BCUT2D eigenvalue weighted by atomic mass is 28.5. The lowest BCUT2D eigenvalue weighted by atomic mass is 10.6. The average molecular weight is 325 g/mol. The van der Waals surface area contributed by atoms with Gasteiger partial charge in [0.15, 0.2) is 16.6 Å². The molecular formula is C11H32O3Si4. The van der Waals surface area contributed by atoms with Gasteiger partial charge in [-0.15, -0.1) is 0 Å². The fraction of sp³-hybridized carbons (Fsp3) is 1.00. The molecule has 0 aliphatic carbocycles. The molecule has 0 spiro atoms. The minimum atomic E-state index is -2.03. The molecule has 0 fully saturated rings. The van der Waals surface area contributed by atoms with Crippen LogP contribution in [0.4, 0.5) is 0 Å². The minimum absolute atomic E-state index is 1.07. The predicted octanol–water partition coefficient (Wildman–Crippen LogP) is 4.04. The Bertz CT molecular complexity index is 250. The zero-order chi connectivity index (χ0) is 14.6. The quantitative estimate of drug-likeness (QED) is 0.631. The first-order chi connectivity index (χ1) is 7.87. The second kappa shape index (κ2) is 6.96.